The molecular weight excluding hydrogens is 405 g/mol. The van der Waals surface area contributed by atoms with Crippen LogP contribution in [0.15, 0.2) is 23.8 Å². The number of nitrogens with one attached hydrogen (secondary N) is 2. The van der Waals surface area contributed by atoms with Crippen molar-refractivity contribution in [3.05, 3.63) is 40.0 Å². The first-order valence-electron chi connectivity index (χ1n) is 8.94. The van der Waals surface area contributed by atoms with E-state index in [1.807, 2.05) is 22.4 Å². The Morgan fingerprint density at radius 2 is 2.11 bits per heavy atom. The summed E-state index contributed by atoms with van der Waals surface area (Å²) < 4.78 is 0. The van der Waals surface area contributed by atoms with Crippen molar-refractivity contribution < 1.29 is 4.79 Å². The lowest BCUT2D eigenvalue weighted by Crippen LogP contribution is -2.45. The van der Waals surface area contributed by atoms with Crippen molar-refractivity contribution in [2.75, 3.05) is 31.5 Å². The summed E-state index contributed by atoms with van der Waals surface area (Å²) in [7, 11) is 0. The van der Waals surface area contributed by atoms with Crippen molar-refractivity contribution in [3.63, 3.8) is 0 Å². The van der Waals surface area contributed by atoms with E-state index >= 15 is 0 Å². The van der Waals surface area contributed by atoms with Gasteiger partial charge < -0.3 is 15.5 Å². The SMILES string of the molecule is Cl.Cl.O=C(c1cccs1)N1CCCC(Nc2ncnc3c2CCNCC3)C1. The smallest absolute Gasteiger partial charge is 0.263 e. The van der Waals surface area contributed by atoms with E-state index in [0.717, 1.165) is 68.3 Å². The Labute approximate surface area is 176 Å². The number of hydrogen-bond donors (Lipinski definition) is 2. The Balaban J connectivity index is 0.00000131. The van der Waals surface area contributed by atoms with E-state index in [0.29, 0.717) is 0 Å². The molecule has 2 N–H and O–H groups in total. The van der Waals surface area contributed by atoms with Gasteiger partial charge in [0.1, 0.15) is 12.1 Å². The molecule has 1 atom stereocenters. The Hall–Kier alpha value is -1.41. The van der Waals surface area contributed by atoms with Gasteiger partial charge in [-0.1, -0.05) is 6.07 Å². The number of amides is 1. The Kier molecular flexibility index (Phi) is 8.28. The van der Waals surface area contributed by atoms with Gasteiger partial charge in [0, 0.05) is 37.7 Å². The fourth-order valence-electron chi connectivity index (χ4n) is 3.63. The zero-order valence-electron chi connectivity index (χ0n) is 15.0. The molecular formula is C18H25Cl2N5OS. The molecule has 2 aromatic rings. The highest BCUT2D eigenvalue weighted by atomic mass is 35.5. The first kappa shape index (κ1) is 21.9. The quantitative estimate of drug-likeness (QED) is 0.784. The fourth-order valence-corrected chi connectivity index (χ4v) is 4.32. The van der Waals surface area contributed by atoms with E-state index < -0.39 is 0 Å². The molecule has 0 spiro atoms. The van der Waals surface area contributed by atoms with Crippen molar-refractivity contribution in [2.24, 2.45) is 0 Å². The van der Waals surface area contributed by atoms with E-state index in [-0.39, 0.29) is 36.8 Å². The minimum atomic E-state index is 0. The van der Waals surface area contributed by atoms with E-state index in [4.69, 9.17) is 0 Å². The number of aromatic nitrogens is 2. The van der Waals surface area contributed by atoms with Gasteiger partial charge in [0.25, 0.3) is 5.91 Å². The number of thiophene rings is 1. The molecule has 1 saturated heterocycles. The van der Waals surface area contributed by atoms with Crippen LogP contribution in [-0.4, -0.2) is 53.0 Å². The predicted molar refractivity (Wildman–Crippen MR) is 114 cm³/mol. The normalized spacial score (nSPS) is 19.1. The number of nitrogens with zero attached hydrogens (tertiary/aromatic N) is 3. The second-order valence-corrected chi connectivity index (χ2v) is 7.56. The topological polar surface area (TPSA) is 70.2 Å². The van der Waals surface area contributed by atoms with Gasteiger partial charge in [-0.15, -0.1) is 36.2 Å². The molecule has 2 aromatic heterocycles. The van der Waals surface area contributed by atoms with E-state index in [9.17, 15) is 4.79 Å². The molecule has 4 heterocycles. The molecule has 0 saturated carbocycles. The molecule has 27 heavy (non-hydrogen) atoms. The van der Waals surface area contributed by atoms with Crippen LogP contribution in [0, 0.1) is 0 Å². The minimum Gasteiger partial charge on any atom is -0.365 e. The maximum absolute atomic E-state index is 12.6. The predicted octanol–water partition coefficient (Wildman–Crippen LogP) is 2.79. The van der Waals surface area contributed by atoms with Gasteiger partial charge in [0.05, 0.1) is 10.6 Å². The zero-order valence-corrected chi connectivity index (χ0v) is 17.5. The van der Waals surface area contributed by atoms with Crippen LogP contribution in [0.25, 0.3) is 0 Å². The monoisotopic (exact) mass is 429 g/mol. The highest BCUT2D eigenvalue weighted by Gasteiger charge is 2.26. The number of fused-ring (bicyclic) bond motifs is 1. The molecule has 148 valence electrons. The number of anilines is 1. The number of halogens is 2. The minimum absolute atomic E-state index is 0. The number of rotatable bonds is 3. The van der Waals surface area contributed by atoms with Crippen LogP contribution in [0.1, 0.15) is 33.8 Å². The molecule has 1 unspecified atom stereocenters. The molecule has 0 aliphatic carbocycles. The summed E-state index contributed by atoms with van der Waals surface area (Å²) in [6, 6.07) is 4.08. The average molecular weight is 430 g/mol. The van der Waals surface area contributed by atoms with Crippen molar-refractivity contribution in [3.8, 4) is 0 Å². The third-order valence-electron chi connectivity index (χ3n) is 4.91. The van der Waals surface area contributed by atoms with Gasteiger partial charge in [0.2, 0.25) is 0 Å². The first-order valence-corrected chi connectivity index (χ1v) is 9.82. The largest absolute Gasteiger partial charge is 0.365 e. The number of piperidine rings is 1. The Bertz CT molecular complexity index is 743. The van der Waals surface area contributed by atoms with Crippen LogP contribution in [0.4, 0.5) is 5.82 Å². The van der Waals surface area contributed by atoms with Crippen molar-refractivity contribution in [2.45, 2.75) is 31.7 Å². The van der Waals surface area contributed by atoms with Crippen LogP contribution in [0.3, 0.4) is 0 Å². The van der Waals surface area contributed by atoms with Crippen LogP contribution in [-0.2, 0) is 12.8 Å². The molecule has 1 amide bonds. The summed E-state index contributed by atoms with van der Waals surface area (Å²) in [5.41, 5.74) is 2.37. The lowest BCUT2D eigenvalue weighted by Gasteiger charge is -2.33. The first-order chi connectivity index (χ1) is 12.3. The third-order valence-corrected chi connectivity index (χ3v) is 5.76. The van der Waals surface area contributed by atoms with Gasteiger partial charge in [0.15, 0.2) is 0 Å². The van der Waals surface area contributed by atoms with Gasteiger partial charge in [-0.3, -0.25) is 4.79 Å². The van der Waals surface area contributed by atoms with Crippen molar-refractivity contribution in [1.29, 1.82) is 0 Å². The highest BCUT2D eigenvalue weighted by molar-refractivity contribution is 7.12. The van der Waals surface area contributed by atoms with E-state index in [1.54, 1.807) is 6.33 Å². The van der Waals surface area contributed by atoms with Crippen LogP contribution in [0.2, 0.25) is 0 Å². The number of hydrogen-bond acceptors (Lipinski definition) is 6. The zero-order chi connectivity index (χ0) is 17.1. The maximum atomic E-state index is 12.6. The second kappa shape index (κ2) is 10.2. The molecule has 9 heteroatoms. The van der Waals surface area contributed by atoms with Gasteiger partial charge in [-0.05, 0) is 37.3 Å². The molecule has 0 bridgehead atoms. The standard InChI is InChI=1S/C18H23N5OS.2ClH/c24-18(16-4-2-10-25-16)23-9-1-3-13(11-23)22-17-14-5-7-19-8-6-15(14)20-12-21-17;;/h2,4,10,12-13,19H,1,3,5-9,11H2,(H,20,21,22);2*1H. The second-order valence-electron chi connectivity index (χ2n) is 6.61. The summed E-state index contributed by atoms with van der Waals surface area (Å²) in [5, 5.41) is 8.97. The van der Waals surface area contributed by atoms with E-state index in [1.165, 1.54) is 16.9 Å². The average Bonchev–Trinajstić information content (AvgIpc) is 3.07. The van der Waals surface area contributed by atoms with Crippen molar-refractivity contribution >= 4 is 47.9 Å². The summed E-state index contributed by atoms with van der Waals surface area (Å²) in [5.74, 6) is 1.09. The molecule has 2 aliphatic heterocycles. The molecule has 4 rings (SSSR count). The fraction of sp³-hybridized carbons (Fsp3) is 0.500. The number of likely N-dealkylation sites (tertiary alicyclic amines) is 1. The summed E-state index contributed by atoms with van der Waals surface area (Å²) in [6.07, 6.45) is 5.63. The van der Waals surface area contributed by atoms with Gasteiger partial charge in [-0.2, -0.15) is 0 Å². The third kappa shape index (κ3) is 5.10. The van der Waals surface area contributed by atoms with E-state index in [2.05, 4.69) is 20.6 Å². The maximum Gasteiger partial charge on any atom is 0.263 e. The van der Waals surface area contributed by atoms with Crippen molar-refractivity contribution in [1.82, 2.24) is 20.2 Å². The van der Waals surface area contributed by atoms with Gasteiger partial charge >= 0.3 is 0 Å². The highest BCUT2D eigenvalue weighted by Crippen LogP contribution is 2.23. The summed E-state index contributed by atoms with van der Waals surface area (Å²) >= 11 is 1.51. The Morgan fingerprint density at radius 1 is 1.26 bits per heavy atom. The number of carbonyl (C=O) groups excluding carboxylic acids is 1. The van der Waals surface area contributed by atoms with Crippen LogP contribution >= 0.6 is 36.2 Å². The summed E-state index contributed by atoms with van der Waals surface area (Å²) in [6.45, 7) is 3.49. The lowest BCUT2D eigenvalue weighted by molar-refractivity contribution is 0.0719. The van der Waals surface area contributed by atoms with Gasteiger partial charge in [-0.25, -0.2) is 9.97 Å². The van der Waals surface area contributed by atoms with Crippen LogP contribution < -0.4 is 10.6 Å². The molecule has 0 aromatic carbocycles. The lowest BCUT2D eigenvalue weighted by atomic mass is 10.0. The molecule has 6 nitrogen and oxygen atoms in total. The molecule has 2 aliphatic rings. The summed E-state index contributed by atoms with van der Waals surface area (Å²) in [4.78, 5) is 24.4. The van der Waals surface area contributed by atoms with Crippen LogP contribution in [0.5, 0.6) is 0 Å². The Morgan fingerprint density at radius 3 is 2.93 bits per heavy atom. The molecule has 1 fully saturated rings. The molecule has 0 radical (unpaired) electrons. The number of carbonyl (C=O) groups is 1.